The normalized spacial score (nSPS) is 13.1. The quantitative estimate of drug-likeness (QED) is 0.866. The van der Waals surface area contributed by atoms with E-state index in [4.69, 9.17) is 0 Å². The van der Waals surface area contributed by atoms with Crippen LogP contribution in [-0.4, -0.2) is 17.6 Å². The molecule has 0 amide bonds. The molecule has 1 aromatic rings. The van der Waals surface area contributed by atoms with Gasteiger partial charge >= 0.3 is 0 Å². The molecule has 2 nitrogen and oxygen atoms in total. The summed E-state index contributed by atoms with van der Waals surface area (Å²) < 4.78 is 1.06. The Morgan fingerprint density at radius 2 is 2.12 bits per heavy atom. The van der Waals surface area contributed by atoms with E-state index in [9.17, 15) is 0 Å². The molecule has 1 atom stereocenters. The van der Waals surface area contributed by atoms with Crippen LogP contribution in [0.5, 0.6) is 0 Å². The van der Waals surface area contributed by atoms with E-state index in [-0.39, 0.29) is 0 Å². The van der Waals surface area contributed by atoms with Crippen molar-refractivity contribution in [1.82, 2.24) is 10.3 Å². The first-order chi connectivity index (χ1) is 7.63. The van der Waals surface area contributed by atoms with Gasteiger partial charge in [-0.25, -0.2) is 0 Å². The Hall–Kier alpha value is -0.410. The minimum Gasteiger partial charge on any atom is -0.314 e. The lowest BCUT2D eigenvalue weighted by Gasteiger charge is -2.21. The molecule has 0 aliphatic rings. The minimum absolute atomic E-state index is 0.601. The number of hydrogen-bond donors (Lipinski definition) is 1. The van der Waals surface area contributed by atoms with E-state index in [1.165, 1.54) is 12.0 Å². The van der Waals surface area contributed by atoms with Crippen LogP contribution in [0.4, 0.5) is 0 Å². The average Bonchev–Trinajstić information content (AvgIpc) is 2.24. The van der Waals surface area contributed by atoms with Crippen LogP contribution in [-0.2, 0) is 6.42 Å². The smallest absolute Gasteiger partial charge is 0.0410 e. The highest BCUT2D eigenvalue weighted by molar-refractivity contribution is 9.10. The zero-order chi connectivity index (χ0) is 12.0. The zero-order valence-electron chi connectivity index (χ0n) is 10.3. The summed E-state index contributed by atoms with van der Waals surface area (Å²) in [5, 5.41) is 3.53. The zero-order valence-corrected chi connectivity index (χ0v) is 11.9. The standard InChI is InChI=1S/C13H21BrN2/c1-4-16-13(10(2)3)6-5-11-7-12(14)9-15-8-11/h7-10,13,16H,4-6H2,1-3H3. The third-order valence-electron chi connectivity index (χ3n) is 2.78. The van der Waals surface area contributed by atoms with Crippen molar-refractivity contribution in [2.75, 3.05) is 6.54 Å². The van der Waals surface area contributed by atoms with Crippen LogP contribution in [0.2, 0.25) is 0 Å². The van der Waals surface area contributed by atoms with Crippen LogP contribution in [0.3, 0.4) is 0 Å². The molecule has 0 fully saturated rings. The van der Waals surface area contributed by atoms with Gasteiger partial charge in [0.25, 0.3) is 0 Å². The molecule has 3 heteroatoms. The van der Waals surface area contributed by atoms with E-state index in [2.05, 4.69) is 53.1 Å². The fraction of sp³-hybridized carbons (Fsp3) is 0.615. The van der Waals surface area contributed by atoms with Gasteiger partial charge in [0.1, 0.15) is 0 Å². The number of nitrogens with one attached hydrogen (secondary N) is 1. The van der Waals surface area contributed by atoms with Gasteiger partial charge in [-0.3, -0.25) is 4.98 Å². The SMILES string of the molecule is CCNC(CCc1cncc(Br)c1)C(C)C. The second-order valence-electron chi connectivity index (χ2n) is 4.46. The molecule has 0 saturated carbocycles. The van der Waals surface area contributed by atoms with E-state index < -0.39 is 0 Å². The first kappa shape index (κ1) is 13.7. The molecule has 90 valence electrons. The monoisotopic (exact) mass is 284 g/mol. The highest BCUT2D eigenvalue weighted by atomic mass is 79.9. The van der Waals surface area contributed by atoms with Gasteiger partial charge in [0.05, 0.1) is 0 Å². The summed E-state index contributed by atoms with van der Waals surface area (Å²) in [6, 6.07) is 2.75. The molecule has 0 aliphatic heterocycles. The first-order valence-corrected chi connectivity index (χ1v) is 6.75. The molecule has 0 saturated heterocycles. The highest BCUT2D eigenvalue weighted by Gasteiger charge is 2.11. The molecule has 0 radical (unpaired) electrons. The summed E-state index contributed by atoms with van der Waals surface area (Å²) in [7, 11) is 0. The molecule has 1 rings (SSSR count). The van der Waals surface area contributed by atoms with Crippen LogP contribution in [0.15, 0.2) is 22.9 Å². The number of halogens is 1. The van der Waals surface area contributed by atoms with E-state index in [0.29, 0.717) is 12.0 Å². The summed E-state index contributed by atoms with van der Waals surface area (Å²) in [5.41, 5.74) is 1.30. The molecule has 16 heavy (non-hydrogen) atoms. The molecule has 0 aliphatic carbocycles. The summed E-state index contributed by atoms with van der Waals surface area (Å²) in [6.07, 6.45) is 6.04. The van der Waals surface area contributed by atoms with Gasteiger partial charge in [-0.05, 0) is 52.9 Å². The largest absolute Gasteiger partial charge is 0.314 e. The third-order valence-corrected chi connectivity index (χ3v) is 3.21. The topological polar surface area (TPSA) is 24.9 Å². The van der Waals surface area contributed by atoms with Crippen molar-refractivity contribution in [1.29, 1.82) is 0 Å². The van der Waals surface area contributed by atoms with Crippen LogP contribution < -0.4 is 5.32 Å². The Morgan fingerprint density at radius 1 is 1.38 bits per heavy atom. The Morgan fingerprint density at radius 3 is 2.69 bits per heavy atom. The van der Waals surface area contributed by atoms with Crippen molar-refractivity contribution < 1.29 is 0 Å². The molecule has 0 bridgehead atoms. The van der Waals surface area contributed by atoms with Crippen LogP contribution in [0.25, 0.3) is 0 Å². The molecule has 1 N–H and O–H groups in total. The third kappa shape index (κ3) is 4.62. The lowest BCUT2D eigenvalue weighted by molar-refractivity contribution is 0.385. The number of aryl methyl sites for hydroxylation is 1. The molecular weight excluding hydrogens is 264 g/mol. The maximum absolute atomic E-state index is 4.19. The van der Waals surface area contributed by atoms with Crippen LogP contribution >= 0.6 is 15.9 Å². The van der Waals surface area contributed by atoms with Crippen molar-refractivity contribution in [3.05, 3.63) is 28.5 Å². The molecule has 0 aromatic carbocycles. The number of aromatic nitrogens is 1. The second-order valence-corrected chi connectivity index (χ2v) is 5.37. The van der Waals surface area contributed by atoms with Gasteiger partial charge in [0.15, 0.2) is 0 Å². The molecule has 1 unspecified atom stereocenters. The number of nitrogens with zero attached hydrogens (tertiary/aromatic N) is 1. The Bertz CT molecular complexity index is 313. The van der Waals surface area contributed by atoms with Gasteiger partial charge in [0.2, 0.25) is 0 Å². The molecular formula is C13H21BrN2. The lowest BCUT2D eigenvalue weighted by atomic mass is 9.97. The van der Waals surface area contributed by atoms with Gasteiger partial charge < -0.3 is 5.32 Å². The fourth-order valence-corrected chi connectivity index (χ4v) is 2.26. The van der Waals surface area contributed by atoms with Gasteiger partial charge in [0, 0.05) is 22.9 Å². The number of rotatable bonds is 6. The van der Waals surface area contributed by atoms with Crippen molar-refractivity contribution in [3.63, 3.8) is 0 Å². The van der Waals surface area contributed by atoms with E-state index in [1.807, 2.05) is 12.4 Å². The second kappa shape index (κ2) is 7.02. The predicted molar refractivity (Wildman–Crippen MR) is 72.6 cm³/mol. The number of pyridine rings is 1. The number of hydrogen-bond acceptors (Lipinski definition) is 2. The Labute approximate surface area is 107 Å². The molecule has 1 aromatic heterocycles. The van der Waals surface area contributed by atoms with Crippen molar-refractivity contribution in [2.24, 2.45) is 5.92 Å². The van der Waals surface area contributed by atoms with Crippen molar-refractivity contribution >= 4 is 15.9 Å². The van der Waals surface area contributed by atoms with Gasteiger partial charge in [-0.15, -0.1) is 0 Å². The highest BCUT2D eigenvalue weighted by Crippen LogP contribution is 2.14. The first-order valence-electron chi connectivity index (χ1n) is 5.96. The van der Waals surface area contributed by atoms with Crippen LogP contribution in [0, 0.1) is 5.92 Å². The maximum Gasteiger partial charge on any atom is 0.0410 e. The molecule has 0 spiro atoms. The van der Waals surface area contributed by atoms with E-state index in [1.54, 1.807) is 0 Å². The summed E-state index contributed by atoms with van der Waals surface area (Å²) in [5.74, 6) is 0.681. The summed E-state index contributed by atoms with van der Waals surface area (Å²) >= 11 is 3.45. The maximum atomic E-state index is 4.19. The Balaban J connectivity index is 2.48. The van der Waals surface area contributed by atoms with Gasteiger partial charge in [-0.1, -0.05) is 20.8 Å². The fourth-order valence-electron chi connectivity index (χ4n) is 1.85. The van der Waals surface area contributed by atoms with Crippen molar-refractivity contribution in [3.8, 4) is 0 Å². The summed E-state index contributed by atoms with van der Waals surface area (Å²) in [4.78, 5) is 4.19. The van der Waals surface area contributed by atoms with Crippen LogP contribution in [0.1, 0.15) is 32.8 Å². The van der Waals surface area contributed by atoms with Crippen molar-refractivity contribution in [2.45, 2.75) is 39.7 Å². The molecule has 1 heterocycles. The predicted octanol–water partition coefficient (Wildman–Crippen LogP) is 3.41. The lowest BCUT2D eigenvalue weighted by Crippen LogP contribution is -2.34. The Kier molecular flexibility index (Phi) is 5.99. The van der Waals surface area contributed by atoms with E-state index in [0.717, 1.165) is 17.4 Å². The van der Waals surface area contributed by atoms with Gasteiger partial charge in [-0.2, -0.15) is 0 Å². The average molecular weight is 285 g/mol. The van der Waals surface area contributed by atoms with E-state index >= 15 is 0 Å². The summed E-state index contributed by atoms with van der Waals surface area (Å²) in [6.45, 7) is 7.74. The minimum atomic E-state index is 0.601.